The van der Waals surface area contributed by atoms with Gasteiger partial charge < -0.3 is 0 Å². The van der Waals surface area contributed by atoms with Crippen LogP contribution in [0.25, 0.3) is 4.96 Å². The molecule has 0 amide bonds. The van der Waals surface area contributed by atoms with Crippen LogP contribution in [0, 0.1) is 13.8 Å². The Labute approximate surface area is 129 Å². The number of aryl methyl sites for hydroxylation is 2. The molecule has 0 aliphatic heterocycles. The topological polar surface area (TPSA) is 89.2 Å². The summed E-state index contributed by atoms with van der Waals surface area (Å²) >= 11 is 7.23. The van der Waals surface area contributed by atoms with E-state index in [9.17, 15) is 8.42 Å². The van der Waals surface area contributed by atoms with Gasteiger partial charge in [-0.25, -0.2) is 19.7 Å². The number of imidazole rings is 1. The minimum absolute atomic E-state index is 0.00810. The van der Waals surface area contributed by atoms with E-state index in [0.29, 0.717) is 16.3 Å². The van der Waals surface area contributed by atoms with Gasteiger partial charge in [0.05, 0.1) is 0 Å². The van der Waals surface area contributed by atoms with Crippen molar-refractivity contribution in [3.63, 3.8) is 0 Å². The molecule has 0 unspecified atom stereocenters. The van der Waals surface area contributed by atoms with Crippen molar-refractivity contribution >= 4 is 43.9 Å². The Balaban J connectivity index is 2.08. The highest BCUT2D eigenvalue weighted by Gasteiger charge is 2.26. The zero-order valence-corrected chi connectivity index (χ0v) is 13.4. The lowest BCUT2D eigenvalue weighted by Crippen LogP contribution is -2.17. The van der Waals surface area contributed by atoms with Gasteiger partial charge in [0.2, 0.25) is 5.95 Å². The molecule has 3 heterocycles. The van der Waals surface area contributed by atoms with Crippen molar-refractivity contribution in [3.8, 4) is 0 Å². The molecule has 10 heteroatoms. The van der Waals surface area contributed by atoms with E-state index in [-0.39, 0.29) is 16.1 Å². The van der Waals surface area contributed by atoms with Crippen LogP contribution in [0.15, 0.2) is 22.7 Å². The standard InChI is InChI=1S/C11H10ClN5O2S2/c1-6-5-7(2)14-10(13-6)16-21(18,19)9-8(12)15-11-17(9)3-4-20-11/h3-5H,1-2H3,(H,13,14,16). The summed E-state index contributed by atoms with van der Waals surface area (Å²) in [4.78, 5) is 12.6. The normalized spacial score (nSPS) is 12.0. The smallest absolute Gasteiger partial charge is 0.278 e. The van der Waals surface area contributed by atoms with E-state index >= 15 is 0 Å². The van der Waals surface area contributed by atoms with Gasteiger partial charge in [0.15, 0.2) is 15.1 Å². The lowest BCUT2D eigenvalue weighted by Gasteiger charge is -2.07. The summed E-state index contributed by atoms with van der Waals surface area (Å²) in [6.45, 7) is 3.52. The Morgan fingerprint density at radius 2 is 1.90 bits per heavy atom. The highest BCUT2D eigenvalue weighted by Crippen LogP contribution is 2.26. The Kier molecular flexibility index (Phi) is 3.34. The summed E-state index contributed by atoms with van der Waals surface area (Å²) in [5.74, 6) is 0.00810. The molecule has 0 fully saturated rings. The second kappa shape index (κ2) is 4.93. The molecule has 0 spiro atoms. The summed E-state index contributed by atoms with van der Waals surface area (Å²) in [6, 6.07) is 1.75. The molecule has 0 saturated heterocycles. The van der Waals surface area contributed by atoms with Gasteiger partial charge in [-0.15, -0.1) is 11.3 Å². The number of nitrogens with zero attached hydrogens (tertiary/aromatic N) is 4. The molecular weight excluding hydrogens is 334 g/mol. The molecule has 0 radical (unpaired) electrons. The first-order valence-electron chi connectivity index (χ1n) is 5.83. The van der Waals surface area contributed by atoms with Crippen molar-refractivity contribution in [2.75, 3.05) is 4.72 Å². The number of fused-ring (bicyclic) bond motifs is 1. The van der Waals surface area contributed by atoms with Crippen LogP contribution in [0.4, 0.5) is 5.95 Å². The number of rotatable bonds is 3. The number of hydrogen-bond acceptors (Lipinski definition) is 6. The van der Waals surface area contributed by atoms with Crippen molar-refractivity contribution in [2.45, 2.75) is 18.9 Å². The van der Waals surface area contributed by atoms with E-state index in [1.54, 1.807) is 31.5 Å². The van der Waals surface area contributed by atoms with Crippen LogP contribution in [-0.4, -0.2) is 27.8 Å². The summed E-state index contributed by atoms with van der Waals surface area (Å²) in [6.07, 6.45) is 1.59. The Morgan fingerprint density at radius 3 is 2.57 bits per heavy atom. The highest BCUT2D eigenvalue weighted by molar-refractivity contribution is 7.92. The molecule has 0 aliphatic carbocycles. The van der Waals surface area contributed by atoms with Crippen LogP contribution in [0.1, 0.15) is 11.4 Å². The average molecular weight is 344 g/mol. The fourth-order valence-corrected chi connectivity index (χ4v) is 4.32. The number of hydrogen-bond donors (Lipinski definition) is 1. The van der Waals surface area contributed by atoms with Crippen molar-refractivity contribution in [1.29, 1.82) is 0 Å². The van der Waals surface area contributed by atoms with E-state index in [0.717, 1.165) is 0 Å². The van der Waals surface area contributed by atoms with Crippen molar-refractivity contribution in [1.82, 2.24) is 19.4 Å². The van der Waals surface area contributed by atoms with E-state index in [4.69, 9.17) is 11.6 Å². The van der Waals surface area contributed by atoms with Crippen LogP contribution in [0.3, 0.4) is 0 Å². The van der Waals surface area contributed by atoms with Gasteiger partial charge in [0.25, 0.3) is 10.0 Å². The monoisotopic (exact) mass is 343 g/mol. The van der Waals surface area contributed by atoms with Crippen molar-refractivity contribution < 1.29 is 8.42 Å². The van der Waals surface area contributed by atoms with Crippen LogP contribution >= 0.6 is 22.9 Å². The number of sulfonamides is 1. The van der Waals surface area contributed by atoms with Crippen molar-refractivity contribution in [3.05, 3.63) is 34.2 Å². The summed E-state index contributed by atoms with van der Waals surface area (Å²) in [7, 11) is -3.93. The summed E-state index contributed by atoms with van der Waals surface area (Å²) < 4.78 is 28.7. The first-order valence-corrected chi connectivity index (χ1v) is 8.57. The van der Waals surface area contributed by atoms with Gasteiger partial charge >= 0.3 is 0 Å². The molecule has 110 valence electrons. The van der Waals surface area contributed by atoms with E-state index < -0.39 is 10.0 Å². The number of aromatic nitrogens is 4. The maximum atomic E-state index is 12.5. The number of anilines is 1. The van der Waals surface area contributed by atoms with Crippen LogP contribution < -0.4 is 4.72 Å². The molecule has 7 nitrogen and oxygen atoms in total. The van der Waals surface area contributed by atoms with Gasteiger partial charge in [-0.3, -0.25) is 4.40 Å². The van der Waals surface area contributed by atoms with Gasteiger partial charge in [-0.2, -0.15) is 8.42 Å². The molecular formula is C11H10ClN5O2S2. The second-order valence-electron chi connectivity index (χ2n) is 4.34. The Bertz CT molecular complexity index is 911. The van der Waals surface area contributed by atoms with Gasteiger partial charge in [0.1, 0.15) is 0 Å². The van der Waals surface area contributed by atoms with Gasteiger partial charge in [0, 0.05) is 23.0 Å². The van der Waals surface area contributed by atoms with E-state index in [1.807, 2.05) is 0 Å². The molecule has 3 rings (SSSR count). The molecule has 0 bridgehead atoms. The molecule has 3 aromatic heterocycles. The molecule has 21 heavy (non-hydrogen) atoms. The fourth-order valence-electron chi connectivity index (χ4n) is 1.92. The largest absolute Gasteiger partial charge is 0.283 e. The van der Waals surface area contributed by atoms with Crippen LogP contribution in [-0.2, 0) is 10.0 Å². The minimum Gasteiger partial charge on any atom is -0.278 e. The average Bonchev–Trinajstić information content (AvgIpc) is 2.85. The van der Waals surface area contributed by atoms with Crippen LogP contribution in [0.5, 0.6) is 0 Å². The summed E-state index contributed by atoms with van der Waals surface area (Å²) in [5.41, 5.74) is 1.33. The maximum Gasteiger partial charge on any atom is 0.283 e. The first-order chi connectivity index (χ1) is 9.87. The number of nitrogens with one attached hydrogen (secondary N) is 1. The Morgan fingerprint density at radius 1 is 1.24 bits per heavy atom. The fraction of sp³-hybridized carbons (Fsp3) is 0.182. The third kappa shape index (κ3) is 2.59. The molecule has 0 aliphatic rings. The third-order valence-electron chi connectivity index (χ3n) is 2.64. The zero-order chi connectivity index (χ0) is 15.2. The predicted octanol–water partition coefficient (Wildman–Crippen LogP) is 2.26. The predicted molar refractivity (Wildman–Crippen MR) is 80.4 cm³/mol. The highest BCUT2D eigenvalue weighted by atomic mass is 35.5. The third-order valence-corrected chi connectivity index (χ3v) is 5.12. The van der Waals surface area contributed by atoms with Gasteiger partial charge in [-0.1, -0.05) is 11.6 Å². The zero-order valence-electron chi connectivity index (χ0n) is 11.0. The SMILES string of the molecule is Cc1cc(C)nc(NS(=O)(=O)c2c(Cl)nc3sccn23)n1. The number of thiazole rings is 1. The quantitative estimate of drug-likeness (QED) is 0.787. The molecule has 0 aromatic carbocycles. The molecule has 0 saturated carbocycles. The lowest BCUT2D eigenvalue weighted by molar-refractivity contribution is 0.596. The summed E-state index contributed by atoms with van der Waals surface area (Å²) in [5, 5.41) is 1.52. The maximum absolute atomic E-state index is 12.5. The first kappa shape index (κ1) is 14.2. The Hall–Kier alpha value is -1.71. The van der Waals surface area contributed by atoms with E-state index in [1.165, 1.54) is 15.7 Å². The van der Waals surface area contributed by atoms with E-state index in [2.05, 4.69) is 19.7 Å². The van der Waals surface area contributed by atoms with Gasteiger partial charge in [-0.05, 0) is 19.9 Å². The molecule has 1 N–H and O–H groups in total. The van der Waals surface area contributed by atoms with Crippen LogP contribution in [0.2, 0.25) is 5.15 Å². The molecule has 3 aromatic rings. The molecule has 0 atom stereocenters. The number of halogens is 1. The van der Waals surface area contributed by atoms with Crippen molar-refractivity contribution in [2.24, 2.45) is 0 Å². The second-order valence-corrected chi connectivity index (χ2v) is 7.17. The lowest BCUT2D eigenvalue weighted by atomic mass is 10.4. The minimum atomic E-state index is -3.93.